The van der Waals surface area contributed by atoms with Gasteiger partial charge in [0.25, 0.3) is 0 Å². The number of carbonyl (C=O) groups is 1. The average molecular weight is 156 g/mol. The third-order valence-electron chi connectivity index (χ3n) is 1.33. The van der Waals surface area contributed by atoms with Gasteiger partial charge in [-0.1, -0.05) is 0 Å². The van der Waals surface area contributed by atoms with Crippen LogP contribution in [0.2, 0.25) is 0 Å². The molecule has 0 saturated heterocycles. The summed E-state index contributed by atoms with van der Waals surface area (Å²) in [5.41, 5.74) is 0. The van der Waals surface area contributed by atoms with Gasteiger partial charge >= 0.3 is 5.91 Å². The van der Waals surface area contributed by atoms with E-state index in [1.54, 1.807) is 13.2 Å². The van der Waals surface area contributed by atoms with Crippen molar-refractivity contribution in [2.24, 2.45) is 0 Å². The molecular weight excluding hydrogens is 144 g/mol. The van der Waals surface area contributed by atoms with E-state index in [1.807, 2.05) is 6.92 Å². The molecular formula is C7H12N2O2. The van der Waals surface area contributed by atoms with Crippen LogP contribution in [0.15, 0.2) is 0 Å². The zero-order valence-electron chi connectivity index (χ0n) is 6.83. The first-order valence-corrected chi connectivity index (χ1v) is 3.44. The summed E-state index contributed by atoms with van der Waals surface area (Å²) in [6, 6.07) is 1.56. The Labute approximate surface area is 66.4 Å². The molecule has 0 rings (SSSR count). The molecule has 0 fully saturated rings. The lowest BCUT2D eigenvalue weighted by Gasteiger charge is -2.15. The monoisotopic (exact) mass is 156 g/mol. The van der Waals surface area contributed by atoms with Crippen LogP contribution in [0, 0.1) is 11.3 Å². The first-order chi connectivity index (χ1) is 5.26. The van der Waals surface area contributed by atoms with Gasteiger partial charge in [0.1, 0.15) is 0 Å². The van der Waals surface area contributed by atoms with Gasteiger partial charge < -0.3 is 9.64 Å². The largest absolute Gasteiger partial charge is 0.383 e. The number of nitrogens with zero attached hydrogens (tertiary/aromatic N) is 2. The van der Waals surface area contributed by atoms with E-state index >= 15 is 0 Å². The van der Waals surface area contributed by atoms with E-state index in [-0.39, 0.29) is 0 Å². The van der Waals surface area contributed by atoms with Crippen molar-refractivity contribution in [1.82, 2.24) is 4.90 Å². The molecule has 0 aromatic carbocycles. The van der Waals surface area contributed by atoms with E-state index < -0.39 is 5.91 Å². The van der Waals surface area contributed by atoms with Crippen molar-refractivity contribution in [3.05, 3.63) is 0 Å². The van der Waals surface area contributed by atoms with Gasteiger partial charge in [-0.3, -0.25) is 4.79 Å². The molecule has 0 aliphatic heterocycles. The summed E-state index contributed by atoms with van der Waals surface area (Å²) in [7, 11) is 1.56. The topological polar surface area (TPSA) is 53.3 Å². The molecule has 4 nitrogen and oxygen atoms in total. The molecule has 0 spiro atoms. The standard InChI is InChI=1S/C7H12N2O2/c1-3-9(4-5-11-2)7(10)6-8/h3-5H2,1-2H3. The zero-order valence-corrected chi connectivity index (χ0v) is 6.83. The molecule has 1 amide bonds. The van der Waals surface area contributed by atoms with Gasteiger partial charge in [-0.05, 0) is 6.92 Å². The van der Waals surface area contributed by atoms with Gasteiger partial charge in [0.2, 0.25) is 0 Å². The number of likely N-dealkylation sites (N-methyl/N-ethyl adjacent to an activating group) is 1. The van der Waals surface area contributed by atoms with E-state index in [1.165, 1.54) is 4.90 Å². The number of carbonyl (C=O) groups excluding carboxylic acids is 1. The zero-order chi connectivity index (χ0) is 8.69. The SMILES string of the molecule is CCN(CCOC)C(=O)C#N. The summed E-state index contributed by atoms with van der Waals surface area (Å²) < 4.78 is 4.77. The quantitative estimate of drug-likeness (QED) is 0.538. The molecule has 0 radical (unpaired) electrons. The fourth-order valence-corrected chi connectivity index (χ4v) is 0.675. The van der Waals surface area contributed by atoms with Crippen LogP contribution in [0.1, 0.15) is 6.92 Å². The summed E-state index contributed by atoms with van der Waals surface area (Å²) in [6.07, 6.45) is 0. The molecule has 0 N–H and O–H groups in total. The predicted molar refractivity (Wildman–Crippen MR) is 39.7 cm³/mol. The van der Waals surface area contributed by atoms with Crippen LogP contribution in [-0.2, 0) is 9.53 Å². The molecule has 0 atom stereocenters. The second kappa shape index (κ2) is 5.69. The van der Waals surface area contributed by atoms with Crippen molar-refractivity contribution in [1.29, 1.82) is 5.26 Å². The lowest BCUT2D eigenvalue weighted by molar-refractivity contribution is -0.125. The number of hydrogen-bond acceptors (Lipinski definition) is 3. The number of methoxy groups -OCH3 is 1. The molecule has 0 aromatic heterocycles. The van der Waals surface area contributed by atoms with Crippen LogP contribution < -0.4 is 0 Å². The Morgan fingerprint density at radius 1 is 1.73 bits per heavy atom. The van der Waals surface area contributed by atoms with E-state index in [4.69, 9.17) is 10.00 Å². The predicted octanol–water partition coefficient (Wildman–Crippen LogP) is 0.00488. The first-order valence-electron chi connectivity index (χ1n) is 3.44. The minimum atomic E-state index is -0.496. The highest BCUT2D eigenvalue weighted by atomic mass is 16.5. The van der Waals surface area contributed by atoms with Crippen LogP contribution in [-0.4, -0.2) is 37.6 Å². The molecule has 0 heterocycles. The molecule has 0 saturated carbocycles. The van der Waals surface area contributed by atoms with Gasteiger partial charge in [0.05, 0.1) is 6.61 Å². The van der Waals surface area contributed by atoms with Gasteiger partial charge in [-0.25, -0.2) is 0 Å². The summed E-state index contributed by atoms with van der Waals surface area (Å²) in [6.45, 7) is 3.33. The lowest BCUT2D eigenvalue weighted by Crippen LogP contribution is -2.32. The summed E-state index contributed by atoms with van der Waals surface area (Å²) in [4.78, 5) is 12.2. The number of hydrogen-bond donors (Lipinski definition) is 0. The number of amides is 1. The smallest absolute Gasteiger partial charge is 0.325 e. The average Bonchev–Trinajstić information content (AvgIpc) is 2.05. The number of rotatable bonds is 4. The van der Waals surface area contributed by atoms with Crippen molar-refractivity contribution < 1.29 is 9.53 Å². The van der Waals surface area contributed by atoms with Crippen LogP contribution in [0.3, 0.4) is 0 Å². The second-order valence-corrected chi connectivity index (χ2v) is 1.99. The minimum Gasteiger partial charge on any atom is -0.383 e. The molecule has 0 unspecified atom stereocenters. The number of nitriles is 1. The maximum absolute atomic E-state index is 10.8. The maximum atomic E-state index is 10.8. The van der Waals surface area contributed by atoms with Crippen LogP contribution in [0.25, 0.3) is 0 Å². The summed E-state index contributed by atoms with van der Waals surface area (Å²) in [5, 5.41) is 8.25. The van der Waals surface area contributed by atoms with E-state index in [9.17, 15) is 4.79 Å². The van der Waals surface area contributed by atoms with Crippen molar-refractivity contribution in [3.8, 4) is 6.07 Å². The Hall–Kier alpha value is -1.08. The van der Waals surface area contributed by atoms with E-state index in [0.29, 0.717) is 19.7 Å². The Morgan fingerprint density at radius 2 is 2.36 bits per heavy atom. The van der Waals surface area contributed by atoms with Crippen LogP contribution in [0.4, 0.5) is 0 Å². The minimum absolute atomic E-state index is 0.473. The van der Waals surface area contributed by atoms with Gasteiger partial charge in [0.15, 0.2) is 6.07 Å². The second-order valence-electron chi connectivity index (χ2n) is 1.99. The summed E-state index contributed by atoms with van der Waals surface area (Å²) in [5.74, 6) is -0.496. The first kappa shape index (κ1) is 9.92. The lowest BCUT2D eigenvalue weighted by atomic mass is 10.4. The van der Waals surface area contributed by atoms with Crippen molar-refractivity contribution in [2.75, 3.05) is 26.8 Å². The molecule has 0 aliphatic rings. The Kier molecular flexibility index (Phi) is 5.13. The van der Waals surface area contributed by atoms with E-state index in [2.05, 4.69) is 0 Å². The van der Waals surface area contributed by atoms with Crippen molar-refractivity contribution >= 4 is 5.91 Å². The van der Waals surface area contributed by atoms with Gasteiger partial charge in [-0.2, -0.15) is 5.26 Å². The molecule has 0 aromatic rings. The normalized spacial score (nSPS) is 8.82. The number of ether oxygens (including phenoxy) is 1. The van der Waals surface area contributed by atoms with Crippen molar-refractivity contribution in [3.63, 3.8) is 0 Å². The molecule has 4 heteroatoms. The molecule has 11 heavy (non-hydrogen) atoms. The highest BCUT2D eigenvalue weighted by Gasteiger charge is 2.08. The van der Waals surface area contributed by atoms with Crippen molar-refractivity contribution in [2.45, 2.75) is 6.92 Å². The molecule has 0 bridgehead atoms. The van der Waals surface area contributed by atoms with Crippen LogP contribution >= 0.6 is 0 Å². The fourth-order valence-electron chi connectivity index (χ4n) is 0.675. The Bertz CT molecular complexity index is 162. The fraction of sp³-hybridized carbons (Fsp3) is 0.714. The maximum Gasteiger partial charge on any atom is 0.325 e. The van der Waals surface area contributed by atoms with Crippen LogP contribution in [0.5, 0.6) is 0 Å². The molecule has 0 aliphatic carbocycles. The Balaban J connectivity index is 3.77. The molecule has 62 valence electrons. The highest BCUT2D eigenvalue weighted by molar-refractivity contribution is 5.91. The third kappa shape index (κ3) is 3.58. The summed E-state index contributed by atoms with van der Waals surface area (Å²) >= 11 is 0. The Morgan fingerprint density at radius 3 is 2.73 bits per heavy atom. The van der Waals surface area contributed by atoms with Gasteiger partial charge in [-0.15, -0.1) is 0 Å². The van der Waals surface area contributed by atoms with Gasteiger partial charge in [0, 0.05) is 20.2 Å². The van der Waals surface area contributed by atoms with E-state index in [0.717, 1.165) is 0 Å². The highest BCUT2D eigenvalue weighted by Crippen LogP contribution is 1.87. The third-order valence-corrected chi connectivity index (χ3v) is 1.33.